The Balaban J connectivity index is 1.32. The standard InChI is InChI=1S/C25H32N6O4/c1-16-20(25(34)27-24-23(16)17(2)28-30(24)4)9-10-22(33)29(3)15-21(32)26-18-5-7-19(8-6-18)31-11-13-35-14-12-31/h5-8H,9-15H2,1-4H3,(H,26,32)(H,27,34). The van der Waals surface area contributed by atoms with Gasteiger partial charge in [0.1, 0.15) is 5.65 Å². The lowest BCUT2D eigenvalue weighted by Crippen LogP contribution is -2.36. The van der Waals surface area contributed by atoms with Crippen LogP contribution >= 0.6 is 0 Å². The zero-order valence-electron chi connectivity index (χ0n) is 20.7. The number of likely N-dealkylation sites (N-methyl/N-ethyl adjacent to an activating group) is 1. The van der Waals surface area contributed by atoms with Crippen molar-refractivity contribution >= 4 is 34.2 Å². The molecule has 2 aromatic heterocycles. The van der Waals surface area contributed by atoms with E-state index in [4.69, 9.17) is 4.74 Å². The molecule has 10 heteroatoms. The van der Waals surface area contributed by atoms with E-state index in [9.17, 15) is 14.4 Å². The molecule has 2 amide bonds. The van der Waals surface area contributed by atoms with Crippen LogP contribution in [0.3, 0.4) is 0 Å². The van der Waals surface area contributed by atoms with E-state index >= 15 is 0 Å². The third kappa shape index (κ3) is 5.37. The van der Waals surface area contributed by atoms with Crippen LogP contribution in [0.25, 0.3) is 11.0 Å². The van der Waals surface area contributed by atoms with E-state index in [1.54, 1.807) is 18.8 Å². The summed E-state index contributed by atoms with van der Waals surface area (Å²) in [5.74, 6) is -0.481. The second-order valence-electron chi connectivity index (χ2n) is 8.93. The SMILES string of the molecule is Cc1nn(C)c2[nH]c(=O)c(CCC(=O)N(C)CC(=O)Nc3ccc(N4CCOCC4)cc3)c(C)c12. The zero-order chi connectivity index (χ0) is 25.1. The molecule has 10 nitrogen and oxygen atoms in total. The van der Waals surface area contributed by atoms with Crippen LogP contribution in [0.2, 0.25) is 0 Å². The Morgan fingerprint density at radius 2 is 1.86 bits per heavy atom. The third-order valence-corrected chi connectivity index (χ3v) is 6.48. The number of morpholine rings is 1. The molecule has 1 aliphatic rings. The molecule has 0 saturated carbocycles. The highest BCUT2D eigenvalue weighted by molar-refractivity contribution is 5.94. The second-order valence-corrected chi connectivity index (χ2v) is 8.93. The summed E-state index contributed by atoms with van der Waals surface area (Å²) in [7, 11) is 3.38. The number of fused-ring (bicyclic) bond motifs is 1. The van der Waals surface area contributed by atoms with Gasteiger partial charge in [0.25, 0.3) is 5.56 Å². The number of amides is 2. The van der Waals surface area contributed by atoms with Gasteiger partial charge in [-0.3, -0.25) is 19.1 Å². The van der Waals surface area contributed by atoms with Crippen LogP contribution < -0.4 is 15.8 Å². The smallest absolute Gasteiger partial charge is 0.253 e. The monoisotopic (exact) mass is 480 g/mol. The van der Waals surface area contributed by atoms with Crippen LogP contribution in [-0.4, -0.2) is 71.4 Å². The van der Waals surface area contributed by atoms with Gasteiger partial charge >= 0.3 is 0 Å². The summed E-state index contributed by atoms with van der Waals surface area (Å²) in [5.41, 5.74) is 4.45. The fourth-order valence-corrected chi connectivity index (χ4v) is 4.56. The molecule has 0 unspecified atom stereocenters. The van der Waals surface area contributed by atoms with Crippen LogP contribution in [-0.2, 0) is 27.8 Å². The van der Waals surface area contributed by atoms with Gasteiger partial charge in [-0.05, 0) is 50.1 Å². The first kappa shape index (κ1) is 24.5. The summed E-state index contributed by atoms with van der Waals surface area (Å²) in [6.45, 7) is 6.83. The minimum atomic E-state index is -0.276. The molecular weight excluding hydrogens is 448 g/mol. The van der Waals surface area contributed by atoms with Crippen molar-refractivity contribution in [1.29, 1.82) is 0 Å². The van der Waals surface area contributed by atoms with Crippen molar-refractivity contribution in [2.45, 2.75) is 26.7 Å². The molecule has 186 valence electrons. The Hall–Kier alpha value is -3.66. The largest absolute Gasteiger partial charge is 0.378 e. The van der Waals surface area contributed by atoms with Crippen LogP contribution in [0.1, 0.15) is 23.2 Å². The number of aromatic amines is 1. The van der Waals surface area contributed by atoms with Crippen molar-refractivity contribution in [2.24, 2.45) is 7.05 Å². The van der Waals surface area contributed by atoms with E-state index in [0.29, 0.717) is 36.5 Å². The number of carbonyl (C=O) groups excluding carboxylic acids is 2. The highest BCUT2D eigenvalue weighted by Gasteiger charge is 2.18. The molecule has 0 spiro atoms. The molecule has 2 N–H and O–H groups in total. The lowest BCUT2D eigenvalue weighted by molar-refractivity contribution is -0.133. The van der Waals surface area contributed by atoms with E-state index in [2.05, 4.69) is 20.3 Å². The lowest BCUT2D eigenvalue weighted by Gasteiger charge is -2.28. The molecule has 1 aliphatic heterocycles. The predicted molar refractivity (Wildman–Crippen MR) is 135 cm³/mol. The molecule has 0 bridgehead atoms. The topological polar surface area (TPSA) is 113 Å². The number of aryl methyl sites for hydroxylation is 3. The molecule has 1 saturated heterocycles. The van der Waals surface area contributed by atoms with E-state index in [0.717, 1.165) is 35.4 Å². The van der Waals surface area contributed by atoms with Gasteiger partial charge in [-0.25, -0.2) is 0 Å². The zero-order valence-corrected chi connectivity index (χ0v) is 20.7. The maximum atomic E-state index is 12.7. The van der Waals surface area contributed by atoms with Crippen molar-refractivity contribution in [1.82, 2.24) is 19.7 Å². The van der Waals surface area contributed by atoms with Gasteiger partial charge in [-0.1, -0.05) is 0 Å². The van der Waals surface area contributed by atoms with Crippen LogP contribution in [0.5, 0.6) is 0 Å². The van der Waals surface area contributed by atoms with Crippen LogP contribution in [0.15, 0.2) is 29.1 Å². The Labute approximate surface area is 203 Å². The number of rotatable bonds is 7. The Kier molecular flexibility index (Phi) is 7.20. The van der Waals surface area contributed by atoms with Gasteiger partial charge in [0.15, 0.2) is 0 Å². The summed E-state index contributed by atoms with van der Waals surface area (Å²) < 4.78 is 7.03. The number of benzene rings is 1. The number of nitrogens with zero attached hydrogens (tertiary/aromatic N) is 4. The van der Waals surface area contributed by atoms with Gasteiger partial charge in [0.05, 0.1) is 25.5 Å². The Morgan fingerprint density at radius 3 is 2.54 bits per heavy atom. The summed E-state index contributed by atoms with van der Waals surface area (Å²) in [6.07, 6.45) is 0.423. The van der Waals surface area contributed by atoms with Crippen molar-refractivity contribution in [3.8, 4) is 0 Å². The van der Waals surface area contributed by atoms with Gasteiger partial charge in [0, 0.05) is 55.9 Å². The minimum absolute atomic E-state index is 0.0693. The summed E-state index contributed by atoms with van der Waals surface area (Å²) in [6, 6.07) is 7.65. The quantitative estimate of drug-likeness (QED) is 0.533. The summed E-state index contributed by atoms with van der Waals surface area (Å²) in [5, 5.41) is 8.11. The molecule has 35 heavy (non-hydrogen) atoms. The Morgan fingerprint density at radius 1 is 1.17 bits per heavy atom. The van der Waals surface area contributed by atoms with Gasteiger partial charge < -0.3 is 24.8 Å². The number of aromatic nitrogens is 3. The van der Waals surface area contributed by atoms with Gasteiger partial charge in [-0.15, -0.1) is 0 Å². The number of hydrogen-bond donors (Lipinski definition) is 2. The number of carbonyl (C=O) groups is 2. The van der Waals surface area contributed by atoms with Crippen molar-refractivity contribution in [3.63, 3.8) is 0 Å². The third-order valence-electron chi connectivity index (χ3n) is 6.48. The van der Waals surface area contributed by atoms with Crippen LogP contribution in [0.4, 0.5) is 11.4 Å². The normalized spacial score (nSPS) is 13.8. The molecule has 0 radical (unpaired) electrons. The summed E-state index contributed by atoms with van der Waals surface area (Å²) in [4.78, 5) is 44.3. The van der Waals surface area contributed by atoms with E-state index in [1.807, 2.05) is 38.1 Å². The summed E-state index contributed by atoms with van der Waals surface area (Å²) >= 11 is 0. The first-order chi connectivity index (χ1) is 16.7. The van der Waals surface area contributed by atoms with Crippen LogP contribution in [0, 0.1) is 13.8 Å². The number of nitrogens with one attached hydrogen (secondary N) is 2. The van der Waals surface area contributed by atoms with E-state index in [1.165, 1.54) is 4.90 Å². The molecule has 3 aromatic rings. The molecule has 1 fully saturated rings. The average molecular weight is 481 g/mol. The first-order valence-electron chi connectivity index (χ1n) is 11.8. The number of pyridine rings is 1. The van der Waals surface area contributed by atoms with E-state index < -0.39 is 0 Å². The van der Waals surface area contributed by atoms with Crippen molar-refractivity contribution < 1.29 is 14.3 Å². The Bertz CT molecular complexity index is 1290. The number of ether oxygens (including phenoxy) is 1. The number of anilines is 2. The highest BCUT2D eigenvalue weighted by Crippen LogP contribution is 2.22. The molecule has 3 heterocycles. The predicted octanol–water partition coefficient (Wildman–Crippen LogP) is 1.74. The van der Waals surface area contributed by atoms with Gasteiger partial charge in [0.2, 0.25) is 11.8 Å². The van der Waals surface area contributed by atoms with Gasteiger partial charge in [-0.2, -0.15) is 5.10 Å². The average Bonchev–Trinajstić information content (AvgIpc) is 3.12. The minimum Gasteiger partial charge on any atom is -0.378 e. The molecule has 4 rings (SSSR count). The molecule has 0 atom stereocenters. The fourth-order valence-electron chi connectivity index (χ4n) is 4.56. The maximum Gasteiger partial charge on any atom is 0.253 e. The molecular formula is C25H32N6O4. The second kappa shape index (κ2) is 10.3. The fraction of sp³-hybridized carbons (Fsp3) is 0.440. The van der Waals surface area contributed by atoms with E-state index in [-0.39, 0.29) is 30.3 Å². The lowest BCUT2D eigenvalue weighted by atomic mass is 10.0. The molecule has 0 aliphatic carbocycles. The van der Waals surface area contributed by atoms with Crippen molar-refractivity contribution in [3.05, 3.63) is 51.4 Å². The number of H-pyrrole nitrogens is 1. The van der Waals surface area contributed by atoms with Crippen molar-refractivity contribution in [2.75, 3.05) is 50.1 Å². The number of hydrogen-bond acceptors (Lipinski definition) is 6. The maximum absolute atomic E-state index is 12.7. The first-order valence-corrected chi connectivity index (χ1v) is 11.8. The highest BCUT2D eigenvalue weighted by atomic mass is 16.5. The molecule has 1 aromatic carbocycles.